The third kappa shape index (κ3) is 2.44. The van der Waals surface area contributed by atoms with Crippen LogP contribution in [0.25, 0.3) is 0 Å². The lowest BCUT2D eigenvalue weighted by atomic mass is 9.92. The van der Waals surface area contributed by atoms with Gasteiger partial charge in [-0.1, -0.05) is 13.8 Å². The quantitative estimate of drug-likeness (QED) is 0.682. The summed E-state index contributed by atoms with van der Waals surface area (Å²) in [6.45, 7) is 6.96. The fraction of sp³-hybridized carbons (Fsp3) is 0.900. The first kappa shape index (κ1) is 10.5. The Bertz CT molecular complexity index is 197. The summed E-state index contributed by atoms with van der Waals surface area (Å²) < 4.78 is 0. The van der Waals surface area contributed by atoms with Gasteiger partial charge >= 0.3 is 5.97 Å². The van der Waals surface area contributed by atoms with Crippen molar-refractivity contribution in [1.82, 2.24) is 5.32 Å². The van der Waals surface area contributed by atoms with Gasteiger partial charge in [-0.25, -0.2) is 0 Å². The highest BCUT2D eigenvalue weighted by Crippen LogP contribution is 2.51. The van der Waals surface area contributed by atoms with Gasteiger partial charge in [-0.2, -0.15) is 0 Å². The number of carboxylic acid groups (broad SMARTS) is 1. The second-order valence-corrected chi connectivity index (χ2v) is 4.46. The van der Waals surface area contributed by atoms with Crippen molar-refractivity contribution >= 4 is 5.97 Å². The van der Waals surface area contributed by atoms with Crippen molar-refractivity contribution in [2.45, 2.75) is 39.7 Å². The highest BCUT2D eigenvalue weighted by Gasteiger charge is 2.45. The van der Waals surface area contributed by atoms with Crippen molar-refractivity contribution in [2.24, 2.45) is 11.3 Å². The van der Waals surface area contributed by atoms with E-state index in [9.17, 15) is 4.79 Å². The molecule has 1 aliphatic rings. The number of hydrogen-bond acceptors (Lipinski definition) is 2. The lowest BCUT2D eigenvalue weighted by Crippen LogP contribution is -2.38. The van der Waals surface area contributed by atoms with E-state index in [1.807, 2.05) is 0 Å². The second kappa shape index (κ2) is 3.66. The van der Waals surface area contributed by atoms with Crippen LogP contribution in [-0.2, 0) is 4.79 Å². The van der Waals surface area contributed by atoms with E-state index in [2.05, 4.69) is 19.2 Å². The van der Waals surface area contributed by atoms with Gasteiger partial charge in [-0.15, -0.1) is 0 Å². The van der Waals surface area contributed by atoms with E-state index in [-0.39, 0.29) is 0 Å². The Balaban J connectivity index is 2.30. The van der Waals surface area contributed by atoms with Crippen LogP contribution in [-0.4, -0.2) is 23.7 Å². The van der Waals surface area contributed by atoms with Crippen LogP contribution < -0.4 is 5.32 Å². The van der Waals surface area contributed by atoms with Crippen LogP contribution in [0.4, 0.5) is 0 Å². The molecule has 3 nitrogen and oxygen atoms in total. The molecule has 0 saturated heterocycles. The van der Waals surface area contributed by atoms with Crippen molar-refractivity contribution in [3.05, 3.63) is 0 Å². The summed E-state index contributed by atoms with van der Waals surface area (Å²) in [6.07, 6.45) is 2.48. The van der Waals surface area contributed by atoms with Crippen molar-refractivity contribution in [1.29, 1.82) is 0 Å². The molecule has 0 aromatic heterocycles. The van der Waals surface area contributed by atoms with Crippen LogP contribution in [0.5, 0.6) is 0 Å². The van der Waals surface area contributed by atoms with E-state index in [0.717, 1.165) is 6.54 Å². The molecular formula is C10H19NO2. The van der Waals surface area contributed by atoms with E-state index in [1.54, 1.807) is 6.92 Å². The zero-order valence-electron chi connectivity index (χ0n) is 8.63. The van der Waals surface area contributed by atoms with E-state index in [1.165, 1.54) is 12.8 Å². The molecule has 2 N–H and O–H groups in total. The largest absolute Gasteiger partial charge is 0.480 e. The van der Waals surface area contributed by atoms with E-state index in [4.69, 9.17) is 5.11 Å². The van der Waals surface area contributed by atoms with Crippen molar-refractivity contribution < 1.29 is 9.90 Å². The van der Waals surface area contributed by atoms with Gasteiger partial charge in [-0.05, 0) is 31.1 Å². The van der Waals surface area contributed by atoms with Crippen molar-refractivity contribution in [3.8, 4) is 0 Å². The minimum atomic E-state index is -0.764. The van der Waals surface area contributed by atoms with Crippen LogP contribution in [0.1, 0.15) is 33.6 Å². The minimum absolute atomic E-state index is 0.393. The SMILES string of the molecule is CC(NCC1(C(C)C)CC1)C(=O)O. The first-order valence-electron chi connectivity index (χ1n) is 4.94. The average Bonchev–Trinajstić information content (AvgIpc) is 2.80. The highest BCUT2D eigenvalue weighted by atomic mass is 16.4. The van der Waals surface area contributed by atoms with E-state index < -0.39 is 12.0 Å². The molecule has 13 heavy (non-hydrogen) atoms. The monoisotopic (exact) mass is 185 g/mol. The Hall–Kier alpha value is -0.570. The molecular weight excluding hydrogens is 166 g/mol. The summed E-state index contributed by atoms with van der Waals surface area (Å²) >= 11 is 0. The average molecular weight is 185 g/mol. The number of aliphatic carboxylic acids is 1. The Morgan fingerprint density at radius 1 is 1.46 bits per heavy atom. The van der Waals surface area contributed by atoms with Gasteiger partial charge in [0, 0.05) is 6.54 Å². The van der Waals surface area contributed by atoms with Crippen LogP contribution in [0.2, 0.25) is 0 Å². The van der Waals surface area contributed by atoms with Gasteiger partial charge in [0.25, 0.3) is 0 Å². The lowest BCUT2D eigenvalue weighted by Gasteiger charge is -2.21. The molecule has 0 spiro atoms. The van der Waals surface area contributed by atoms with Gasteiger partial charge in [-0.3, -0.25) is 4.79 Å². The van der Waals surface area contributed by atoms with Crippen molar-refractivity contribution in [2.75, 3.05) is 6.54 Å². The first-order chi connectivity index (χ1) is 5.98. The maximum atomic E-state index is 10.5. The van der Waals surface area contributed by atoms with E-state index in [0.29, 0.717) is 11.3 Å². The number of carbonyl (C=O) groups is 1. The molecule has 1 rings (SSSR count). The summed E-state index contributed by atoms with van der Waals surface area (Å²) in [5.74, 6) is -0.111. The Morgan fingerprint density at radius 3 is 2.31 bits per heavy atom. The topological polar surface area (TPSA) is 49.3 Å². The third-order valence-electron chi connectivity index (χ3n) is 3.25. The van der Waals surface area contributed by atoms with Crippen molar-refractivity contribution in [3.63, 3.8) is 0 Å². The number of rotatable bonds is 5. The molecule has 0 radical (unpaired) electrons. The molecule has 0 bridgehead atoms. The Kier molecular flexibility index (Phi) is 2.96. The fourth-order valence-electron chi connectivity index (χ4n) is 1.56. The van der Waals surface area contributed by atoms with Gasteiger partial charge in [0.2, 0.25) is 0 Å². The second-order valence-electron chi connectivity index (χ2n) is 4.46. The third-order valence-corrected chi connectivity index (χ3v) is 3.25. The number of carboxylic acids is 1. The number of hydrogen-bond donors (Lipinski definition) is 2. The zero-order chi connectivity index (χ0) is 10.1. The molecule has 0 aromatic rings. The molecule has 0 heterocycles. The smallest absolute Gasteiger partial charge is 0.320 e. The van der Waals surface area contributed by atoms with Gasteiger partial charge in [0.15, 0.2) is 0 Å². The molecule has 1 unspecified atom stereocenters. The standard InChI is InChI=1S/C10H19NO2/c1-7(2)10(4-5-10)6-11-8(3)9(12)13/h7-8,11H,4-6H2,1-3H3,(H,12,13). The summed E-state index contributed by atoms with van der Waals surface area (Å²) in [6, 6.07) is -0.420. The molecule has 3 heteroatoms. The maximum absolute atomic E-state index is 10.5. The molecule has 0 amide bonds. The number of nitrogens with one attached hydrogen (secondary N) is 1. The van der Waals surface area contributed by atoms with Crippen LogP contribution in [0.3, 0.4) is 0 Å². The summed E-state index contributed by atoms with van der Waals surface area (Å²) in [5.41, 5.74) is 0.393. The Labute approximate surface area is 79.5 Å². The minimum Gasteiger partial charge on any atom is -0.480 e. The maximum Gasteiger partial charge on any atom is 0.320 e. The summed E-state index contributed by atoms with van der Waals surface area (Å²) in [7, 11) is 0. The molecule has 76 valence electrons. The highest BCUT2D eigenvalue weighted by molar-refractivity contribution is 5.72. The summed E-state index contributed by atoms with van der Waals surface area (Å²) in [4.78, 5) is 10.5. The zero-order valence-corrected chi connectivity index (χ0v) is 8.63. The normalized spacial score (nSPS) is 21.5. The Morgan fingerprint density at radius 2 is 2.00 bits per heavy atom. The predicted molar refractivity (Wildman–Crippen MR) is 51.6 cm³/mol. The van der Waals surface area contributed by atoms with Crippen LogP contribution in [0.15, 0.2) is 0 Å². The molecule has 0 aliphatic heterocycles. The fourth-order valence-corrected chi connectivity index (χ4v) is 1.56. The van der Waals surface area contributed by atoms with Gasteiger partial charge in [0.05, 0.1) is 0 Å². The summed E-state index contributed by atoms with van der Waals surface area (Å²) in [5, 5.41) is 11.7. The molecule has 1 aliphatic carbocycles. The molecule has 1 fully saturated rings. The molecule has 1 atom stereocenters. The molecule has 0 aromatic carbocycles. The van der Waals surface area contributed by atoms with Gasteiger partial charge < -0.3 is 10.4 Å². The van der Waals surface area contributed by atoms with Crippen LogP contribution >= 0.6 is 0 Å². The lowest BCUT2D eigenvalue weighted by molar-refractivity contribution is -0.139. The molecule has 1 saturated carbocycles. The van der Waals surface area contributed by atoms with Gasteiger partial charge in [0.1, 0.15) is 6.04 Å². The predicted octanol–water partition coefficient (Wildman–Crippen LogP) is 1.49. The van der Waals surface area contributed by atoms with E-state index >= 15 is 0 Å². The van der Waals surface area contributed by atoms with Crippen LogP contribution in [0, 0.1) is 11.3 Å². The first-order valence-corrected chi connectivity index (χ1v) is 4.94.